The van der Waals surface area contributed by atoms with Crippen LogP contribution in [-0.2, 0) is 0 Å². The Bertz CT molecular complexity index is 369. The first kappa shape index (κ1) is 13.4. The number of nitrogens with zero attached hydrogens (tertiary/aromatic N) is 2. The topological polar surface area (TPSA) is 73.7 Å². The maximum atomic E-state index is 11.1. The Balaban J connectivity index is 2.95. The van der Waals surface area contributed by atoms with Crippen molar-refractivity contribution in [3.05, 3.63) is 24.0 Å². The zero-order valence-electron chi connectivity index (χ0n) is 9.96. The normalized spacial score (nSPS) is 10.2. The van der Waals surface area contributed by atoms with Crippen LogP contribution in [-0.4, -0.2) is 40.9 Å². The molecular formula is C12H18N2O3. The van der Waals surface area contributed by atoms with Gasteiger partial charge in [0, 0.05) is 25.5 Å². The number of aliphatic hydroxyl groups excluding tert-OH is 1. The van der Waals surface area contributed by atoms with Crippen molar-refractivity contribution in [2.75, 3.05) is 24.6 Å². The summed E-state index contributed by atoms with van der Waals surface area (Å²) in [5, 5.41) is 18.1. The fourth-order valence-corrected chi connectivity index (χ4v) is 1.65. The quantitative estimate of drug-likeness (QED) is 0.750. The van der Waals surface area contributed by atoms with Crippen LogP contribution in [0.5, 0.6) is 0 Å². The van der Waals surface area contributed by atoms with Gasteiger partial charge in [-0.15, -0.1) is 0 Å². The molecule has 0 aliphatic rings. The van der Waals surface area contributed by atoms with Gasteiger partial charge in [-0.05, 0) is 12.5 Å². The van der Waals surface area contributed by atoms with Crippen molar-refractivity contribution in [3.8, 4) is 0 Å². The number of hydrogen-bond acceptors (Lipinski definition) is 4. The summed E-state index contributed by atoms with van der Waals surface area (Å²) in [5.41, 5.74) is 0.798. The molecule has 0 amide bonds. The molecular weight excluding hydrogens is 220 g/mol. The van der Waals surface area contributed by atoms with Crippen LogP contribution in [0.4, 0.5) is 5.69 Å². The second kappa shape index (κ2) is 6.85. The molecule has 1 aromatic rings. The first-order valence-corrected chi connectivity index (χ1v) is 5.73. The lowest BCUT2D eigenvalue weighted by atomic mass is 10.2. The van der Waals surface area contributed by atoms with Crippen molar-refractivity contribution in [3.63, 3.8) is 0 Å². The molecule has 0 aromatic carbocycles. The molecule has 0 aliphatic carbocycles. The van der Waals surface area contributed by atoms with Crippen LogP contribution < -0.4 is 4.90 Å². The van der Waals surface area contributed by atoms with E-state index in [1.807, 2.05) is 4.90 Å². The summed E-state index contributed by atoms with van der Waals surface area (Å²) in [5.74, 6) is -0.993. The molecule has 0 aliphatic heterocycles. The Hall–Kier alpha value is -1.62. The zero-order chi connectivity index (χ0) is 12.7. The summed E-state index contributed by atoms with van der Waals surface area (Å²) in [6, 6.07) is 1.68. The maximum Gasteiger partial charge on any atom is 0.339 e. The van der Waals surface area contributed by atoms with E-state index in [1.165, 1.54) is 6.20 Å². The fourth-order valence-electron chi connectivity index (χ4n) is 1.65. The predicted octanol–water partition coefficient (Wildman–Crippen LogP) is 1.38. The molecule has 5 nitrogen and oxygen atoms in total. The highest BCUT2D eigenvalue weighted by Gasteiger charge is 2.15. The number of pyridine rings is 1. The number of aromatic carboxylic acids is 1. The average molecular weight is 238 g/mol. The van der Waals surface area contributed by atoms with Gasteiger partial charge in [-0.3, -0.25) is 4.98 Å². The Morgan fingerprint density at radius 3 is 2.82 bits per heavy atom. The molecule has 0 fully saturated rings. The second-order valence-corrected chi connectivity index (χ2v) is 3.76. The number of carboxylic acid groups (broad SMARTS) is 1. The van der Waals surface area contributed by atoms with E-state index in [-0.39, 0.29) is 12.2 Å². The highest BCUT2D eigenvalue weighted by Crippen LogP contribution is 2.19. The molecule has 2 N–H and O–H groups in total. The summed E-state index contributed by atoms with van der Waals surface area (Å²) in [7, 11) is 0. The molecule has 5 heteroatoms. The van der Waals surface area contributed by atoms with Crippen molar-refractivity contribution in [2.45, 2.75) is 19.8 Å². The van der Waals surface area contributed by atoms with Crippen LogP contribution in [0, 0.1) is 0 Å². The van der Waals surface area contributed by atoms with Gasteiger partial charge in [-0.1, -0.05) is 13.3 Å². The Morgan fingerprint density at radius 1 is 1.47 bits per heavy atom. The number of carbonyl (C=O) groups is 1. The fraction of sp³-hybridized carbons (Fsp3) is 0.500. The van der Waals surface area contributed by atoms with Crippen LogP contribution >= 0.6 is 0 Å². The Kier molecular flexibility index (Phi) is 5.42. The van der Waals surface area contributed by atoms with Crippen molar-refractivity contribution < 1.29 is 15.0 Å². The van der Waals surface area contributed by atoms with E-state index in [0.717, 1.165) is 19.4 Å². The number of unbranched alkanes of at least 4 members (excludes halogenated alkanes) is 1. The van der Waals surface area contributed by atoms with Gasteiger partial charge >= 0.3 is 5.97 Å². The average Bonchev–Trinajstić information content (AvgIpc) is 2.34. The van der Waals surface area contributed by atoms with E-state index >= 15 is 0 Å². The molecule has 17 heavy (non-hydrogen) atoms. The highest BCUT2D eigenvalue weighted by atomic mass is 16.4. The lowest BCUT2D eigenvalue weighted by molar-refractivity contribution is 0.0697. The van der Waals surface area contributed by atoms with E-state index in [4.69, 9.17) is 10.2 Å². The van der Waals surface area contributed by atoms with Crippen LogP contribution in [0.25, 0.3) is 0 Å². The van der Waals surface area contributed by atoms with E-state index in [9.17, 15) is 4.79 Å². The lowest BCUT2D eigenvalue weighted by Crippen LogP contribution is -2.29. The van der Waals surface area contributed by atoms with Gasteiger partial charge in [0.05, 0.1) is 12.3 Å². The monoisotopic (exact) mass is 238 g/mol. The van der Waals surface area contributed by atoms with Crippen LogP contribution in [0.15, 0.2) is 18.5 Å². The molecule has 0 radical (unpaired) electrons. The van der Waals surface area contributed by atoms with Crippen molar-refractivity contribution in [2.24, 2.45) is 0 Å². The Morgan fingerprint density at radius 2 is 2.24 bits per heavy atom. The van der Waals surface area contributed by atoms with E-state index in [2.05, 4.69) is 11.9 Å². The third-order valence-corrected chi connectivity index (χ3v) is 2.52. The lowest BCUT2D eigenvalue weighted by Gasteiger charge is -2.24. The molecule has 1 rings (SSSR count). The Labute approximate surface area is 101 Å². The van der Waals surface area contributed by atoms with Gasteiger partial charge in [-0.25, -0.2) is 4.79 Å². The van der Waals surface area contributed by atoms with Gasteiger partial charge in [-0.2, -0.15) is 0 Å². The standard InChI is InChI=1S/C12H18N2O3/c1-2-3-6-14(7-8-15)11-4-5-13-9-10(11)12(16)17/h4-5,9,15H,2-3,6-8H2,1H3,(H,16,17). The van der Waals surface area contributed by atoms with E-state index in [1.54, 1.807) is 12.3 Å². The number of hydrogen-bond donors (Lipinski definition) is 2. The molecule has 0 saturated carbocycles. The van der Waals surface area contributed by atoms with Crippen molar-refractivity contribution in [1.29, 1.82) is 0 Å². The second-order valence-electron chi connectivity index (χ2n) is 3.76. The van der Waals surface area contributed by atoms with Crippen LogP contribution in [0.3, 0.4) is 0 Å². The molecule has 1 heterocycles. The number of aliphatic hydroxyl groups is 1. The number of aromatic nitrogens is 1. The maximum absolute atomic E-state index is 11.1. The SMILES string of the molecule is CCCCN(CCO)c1ccncc1C(=O)O. The van der Waals surface area contributed by atoms with E-state index in [0.29, 0.717) is 12.2 Å². The van der Waals surface area contributed by atoms with Gasteiger partial charge < -0.3 is 15.1 Å². The summed E-state index contributed by atoms with van der Waals surface area (Å²) in [6.45, 7) is 3.25. The molecule has 94 valence electrons. The van der Waals surface area contributed by atoms with Gasteiger partial charge in [0.1, 0.15) is 5.56 Å². The minimum absolute atomic E-state index is 0.00506. The smallest absolute Gasteiger partial charge is 0.339 e. The summed E-state index contributed by atoms with van der Waals surface area (Å²) < 4.78 is 0. The van der Waals surface area contributed by atoms with Crippen LogP contribution in [0.1, 0.15) is 30.1 Å². The minimum Gasteiger partial charge on any atom is -0.478 e. The van der Waals surface area contributed by atoms with E-state index < -0.39 is 5.97 Å². The van der Waals surface area contributed by atoms with Crippen molar-refractivity contribution >= 4 is 11.7 Å². The molecule has 0 unspecified atom stereocenters. The molecule has 0 bridgehead atoms. The van der Waals surface area contributed by atoms with Crippen LogP contribution in [0.2, 0.25) is 0 Å². The first-order chi connectivity index (χ1) is 8.20. The third-order valence-electron chi connectivity index (χ3n) is 2.52. The summed E-state index contributed by atoms with van der Waals surface area (Å²) >= 11 is 0. The number of anilines is 1. The summed E-state index contributed by atoms with van der Waals surface area (Å²) in [6.07, 6.45) is 4.89. The largest absolute Gasteiger partial charge is 0.478 e. The number of rotatable bonds is 7. The molecule has 0 saturated heterocycles. The minimum atomic E-state index is -0.993. The third kappa shape index (κ3) is 3.71. The van der Waals surface area contributed by atoms with Crippen molar-refractivity contribution in [1.82, 2.24) is 4.98 Å². The number of carboxylic acids is 1. The van der Waals surface area contributed by atoms with Gasteiger partial charge in [0.2, 0.25) is 0 Å². The molecule has 0 atom stereocenters. The van der Waals surface area contributed by atoms with Gasteiger partial charge in [0.25, 0.3) is 0 Å². The highest BCUT2D eigenvalue weighted by molar-refractivity contribution is 5.94. The molecule has 1 aromatic heterocycles. The summed E-state index contributed by atoms with van der Waals surface area (Å²) in [4.78, 5) is 16.8. The first-order valence-electron chi connectivity index (χ1n) is 5.73. The van der Waals surface area contributed by atoms with Gasteiger partial charge in [0.15, 0.2) is 0 Å². The predicted molar refractivity (Wildman–Crippen MR) is 65.4 cm³/mol. The molecule has 0 spiro atoms. The zero-order valence-corrected chi connectivity index (χ0v) is 9.96.